The highest BCUT2D eigenvalue weighted by molar-refractivity contribution is 6.30. The van der Waals surface area contributed by atoms with Gasteiger partial charge in [-0.05, 0) is 59.0 Å². The molecule has 5 aliphatic rings. The second-order valence-electron chi connectivity index (χ2n) is 16.2. The molecule has 0 spiro atoms. The summed E-state index contributed by atoms with van der Waals surface area (Å²) in [4.78, 5) is 55.1. The van der Waals surface area contributed by atoms with Crippen molar-refractivity contribution >= 4 is 23.3 Å². The zero-order valence-corrected chi connectivity index (χ0v) is 33.9. The molecule has 17 heteroatoms. The molecule has 2 aromatic carbocycles. The number of rotatable bonds is 9. The fourth-order valence-electron chi connectivity index (χ4n) is 9.10. The van der Waals surface area contributed by atoms with Gasteiger partial charge in [-0.25, -0.2) is 0 Å². The van der Waals surface area contributed by atoms with Crippen LogP contribution in [-0.4, -0.2) is 137 Å². The molecular formula is C42H52N2O15. The predicted molar refractivity (Wildman–Crippen MR) is 204 cm³/mol. The third-order valence-electron chi connectivity index (χ3n) is 12.3. The fourth-order valence-corrected chi connectivity index (χ4v) is 9.10. The summed E-state index contributed by atoms with van der Waals surface area (Å²) >= 11 is 0. The number of methoxy groups -OCH3 is 1. The average molecular weight is 825 g/mol. The van der Waals surface area contributed by atoms with Crippen LogP contribution in [0.1, 0.15) is 108 Å². The third kappa shape index (κ3) is 7.57. The zero-order valence-electron chi connectivity index (χ0n) is 33.9. The SMILES string of the molecule is CC[C@@]1(O)C[C@H](O[C@H]2C[C@H](N(C)C)[C@H](O[C@H]3C[C@H](O)[C@H](O[C@@H]4O[C@@H](C)C(=O)C=C4N)[C@H](C)O3)[C@H](C)O2)c2c(cc3c(c2O)C(=O)c2c(O)cccc2C3=O)[C@H]1C(=O)OC. The van der Waals surface area contributed by atoms with Crippen LogP contribution in [-0.2, 0) is 42.7 Å². The van der Waals surface area contributed by atoms with E-state index in [2.05, 4.69) is 0 Å². The molecule has 13 atom stereocenters. The van der Waals surface area contributed by atoms with Gasteiger partial charge < -0.3 is 64.2 Å². The minimum absolute atomic E-state index is 0.0145. The van der Waals surface area contributed by atoms with Gasteiger partial charge in [0.25, 0.3) is 0 Å². The van der Waals surface area contributed by atoms with Crippen molar-refractivity contribution in [2.24, 2.45) is 5.73 Å². The number of carbonyl (C=O) groups is 4. The Morgan fingerprint density at radius 3 is 2.25 bits per heavy atom. The van der Waals surface area contributed by atoms with E-state index in [1.54, 1.807) is 27.7 Å². The molecule has 7 rings (SSSR count). The quantitative estimate of drug-likeness (QED) is 0.194. The zero-order chi connectivity index (χ0) is 42.8. The normalized spacial score (nSPS) is 35.8. The number of esters is 1. The van der Waals surface area contributed by atoms with Gasteiger partial charge in [-0.15, -0.1) is 0 Å². The second-order valence-corrected chi connectivity index (χ2v) is 16.2. The summed E-state index contributed by atoms with van der Waals surface area (Å²) in [6.45, 7) is 6.78. The molecule has 3 heterocycles. The lowest BCUT2D eigenvalue weighted by molar-refractivity contribution is -0.321. The molecule has 2 aromatic rings. The van der Waals surface area contributed by atoms with Crippen LogP contribution in [0.25, 0.3) is 0 Å². The number of aromatic hydroxyl groups is 2. The van der Waals surface area contributed by atoms with Crippen LogP contribution in [0.4, 0.5) is 0 Å². The third-order valence-corrected chi connectivity index (χ3v) is 12.3. The molecule has 0 amide bonds. The summed E-state index contributed by atoms with van der Waals surface area (Å²) in [5.74, 6) is -4.94. The van der Waals surface area contributed by atoms with E-state index in [1.165, 1.54) is 37.5 Å². The van der Waals surface area contributed by atoms with Gasteiger partial charge in [0.2, 0.25) is 5.78 Å². The number of fused-ring (bicyclic) bond motifs is 3. The van der Waals surface area contributed by atoms with Crippen molar-refractivity contribution in [1.29, 1.82) is 0 Å². The number of ketones is 3. The number of nitrogens with zero attached hydrogens (tertiary/aromatic N) is 1. The number of aliphatic hydroxyl groups is 2. The van der Waals surface area contributed by atoms with E-state index in [1.807, 2.05) is 19.0 Å². The molecule has 59 heavy (non-hydrogen) atoms. The maximum atomic E-state index is 13.9. The number of phenolic OH excluding ortho intramolecular Hbond substituents is 2. The Kier molecular flexibility index (Phi) is 11.8. The van der Waals surface area contributed by atoms with E-state index in [4.69, 9.17) is 38.9 Å². The molecule has 3 aliphatic heterocycles. The van der Waals surface area contributed by atoms with Gasteiger partial charge in [0.15, 0.2) is 30.4 Å². The Labute approximate surface area is 340 Å². The van der Waals surface area contributed by atoms with Crippen molar-refractivity contribution in [2.75, 3.05) is 21.2 Å². The highest BCUT2D eigenvalue weighted by atomic mass is 16.7. The van der Waals surface area contributed by atoms with Crippen LogP contribution in [0.15, 0.2) is 36.0 Å². The maximum Gasteiger partial charge on any atom is 0.316 e. The number of likely N-dealkylation sites (N-methyl/N-ethyl adjacent to an activating group) is 1. The minimum Gasteiger partial charge on any atom is -0.507 e. The number of hydrogen-bond acceptors (Lipinski definition) is 17. The van der Waals surface area contributed by atoms with Crippen LogP contribution >= 0.6 is 0 Å². The lowest BCUT2D eigenvalue weighted by Crippen LogP contribution is -2.58. The number of carbonyl (C=O) groups excluding carboxylic acids is 4. The van der Waals surface area contributed by atoms with Gasteiger partial charge in [-0.2, -0.15) is 0 Å². The first-order valence-electron chi connectivity index (χ1n) is 19.8. The molecule has 2 fully saturated rings. The van der Waals surface area contributed by atoms with Gasteiger partial charge in [0.05, 0.1) is 54.0 Å². The highest BCUT2D eigenvalue weighted by Gasteiger charge is 2.53. The summed E-state index contributed by atoms with van der Waals surface area (Å²) < 4.78 is 42.4. The van der Waals surface area contributed by atoms with Gasteiger partial charge in [0.1, 0.15) is 35.7 Å². The summed E-state index contributed by atoms with van der Waals surface area (Å²) in [5, 5.41) is 45.9. The predicted octanol–water partition coefficient (Wildman–Crippen LogP) is 2.22. The molecule has 6 N–H and O–H groups in total. The van der Waals surface area contributed by atoms with Crippen molar-refractivity contribution in [2.45, 2.75) is 133 Å². The van der Waals surface area contributed by atoms with E-state index < -0.39 is 102 Å². The minimum atomic E-state index is -1.77. The molecule has 17 nitrogen and oxygen atoms in total. The van der Waals surface area contributed by atoms with E-state index in [0.29, 0.717) is 0 Å². The fraction of sp³-hybridized carbons (Fsp3) is 0.571. The topological polar surface area (TPSA) is 243 Å². The Hall–Kier alpha value is -4.30. The first-order valence-corrected chi connectivity index (χ1v) is 19.8. The molecule has 2 saturated heterocycles. The van der Waals surface area contributed by atoms with Crippen LogP contribution in [0.3, 0.4) is 0 Å². The Morgan fingerprint density at radius 1 is 0.932 bits per heavy atom. The highest BCUT2D eigenvalue weighted by Crippen LogP contribution is 2.54. The standard InChI is InChI=1S/C42H52N2O15/c1-8-42(52)16-28(32-21(34(42)40(51)53-7)12-22-33(37(32)50)36(49)31-20(35(22)48)10-9-11-25(31)45)57-29-14-24(44(5)6)38(18(3)54-29)58-30-15-27(47)39(19(4)55-30)59-41-23(43)13-26(46)17(2)56-41/h9-13,17-19,24,27-30,34,38-39,41,45,47,50,52H,8,14-16,43H2,1-7H3/t17-,18-,19-,24-,27-,28-,29-,30-,34-,38+,39+,41-,42+/m0/s1. The van der Waals surface area contributed by atoms with Crippen molar-refractivity contribution in [1.82, 2.24) is 4.90 Å². The monoisotopic (exact) mass is 824 g/mol. The maximum absolute atomic E-state index is 13.9. The van der Waals surface area contributed by atoms with Gasteiger partial charge in [-0.3, -0.25) is 19.2 Å². The number of phenols is 2. The number of aliphatic hydroxyl groups excluding tert-OH is 1. The molecule has 320 valence electrons. The van der Waals surface area contributed by atoms with Gasteiger partial charge in [0, 0.05) is 48.1 Å². The number of ether oxygens (including phenoxy) is 7. The van der Waals surface area contributed by atoms with E-state index in [-0.39, 0.29) is 76.6 Å². The Morgan fingerprint density at radius 2 is 1.61 bits per heavy atom. The smallest absolute Gasteiger partial charge is 0.316 e. The molecule has 0 aromatic heterocycles. The second kappa shape index (κ2) is 16.3. The van der Waals surface area contributed by atoms with Gasteiger partial charge >= 0.3 is 5.97 Å². The molecule has 2 aliphatic carbocycles. The Balaban J connectivity index is 1.14. The van der Waals surface area contributed by atoms with Crippen molar-refractivity contribution in [3.05, 3.63) is 69.4 Å². The first kappa shape index (κ1) is 42.8. The molecule has 0 bridgehead atoms. The Bertz CT molecular complexity index is 2040. The summed E-state index contributed by atoms with van der Waals surface area (Å²) in [6.07, 6.45) is -7.25. The van der Waals surface area contributed by atoms with E-state index in [0.717, 1.165) is 0 Å². The summed E-state index contributed by atoms with van der Waals surface area (Å²) in [5.41, 5.74) is 3.52. The van der Waals surface area contributed by atoms with Crippen LogP contribution in [0.2, 0.25) is 0 Å². The first-order chi connectivity index (χ1) is 27.9. The van der Waals surface area contributed by atoms with Crippen LogP contribution in [0.5, 0.6) is 11.5 Å². The van der Waals surface area contributed by atoms with Crippen molar-refractivity contribution in [3.63, 3.8) is 0 Å². The van der Waals surface area contributed by atoms with Crippen LogP contribution < -0.4 is 5.73 Å². The van der Waals surface area contributed by atoms with Crippen molar-refractivity contribution in [3.8, 4) is 11.5 Å². The summed E-state index contributed by atoms with van der Waals surface area (Å²) in [7, 11) is 4.88. The molecule has 0 saturated carbocycles. The number of benzene rings is 2. The molecule has 0 unspecified atom stereocenters. The van der Waals surface area contributed by atoms with E-state index in [9.17, 15) is 39.6 Å². The lowest BCUT2D eigenvalue weighted by atomic mass is 9.67. The summed E-state index contributed by atoms with van der Waals surface area (Å²) in [6, 6.07) is 5.05. The number of nitrogens with two attached hydrogens (primary N) is 1. The number of hydrogen-bond donors (Lipinski definition) is 5. The van der Waals surface area contributed by atoms with Gasteiger partial charge in [-0.1, -0.05) is 19.1 Å². The largest absolute Gasteiger partial charge is 0.507 e. The van der Waals surface area contributed by atoms with E-state index >= 15 is 0 Å². The lowest BCUT2D eigenvalue weighted by Gasteiger charge is -2.48. The average Bonchev–Trinajstić information content (AvgIpc) is 3.17. The van der Waals surface area contributed by atoms with Crippen LogP contribution in [0, 0.1) is 0 Å². The molecule has 0 radical (unpaired) electrons. The molecular weight excluding hydrogens is 772 g/mol. The van der Waals surface area contributed by atoms with Crippen molar-refractivity contribution < 1.29 is 72.8 Å².